The van der Waals surface area contributed by atoms with Crippen LogP contribution in [0.4, 0.5) is 0 Å². The number of carbonyl (C=O) groups excluding carboxylic acids is 2. The van der Waals surface area contributed by atoms with Gasteiger partial charge in [0, 0.05) is 13.0 Å². The van der Waals surface area contributed by atoms with Crippen molar-refractivity contribution in [2.75, 3.05) is 13.7 Å². The Labute approximate surface area is 211 Å². The molecule has 0 spiro atoms. The number of rotatable bonds is 7. The number of benzene rings is 2. The van der Waals surface area contributed by atoms with Crippen molar-refractivity contribution < 1.29 is 24.2 Å². The third-order valence-corrected chi connectivity index (χ3v) is 7.23. The van der Waals surface area contributed by atoms with E-state index in [1.807, 2.05) is 12.1 Å². The summed E-state index contributed by atoms with van der Waals surface area (Å²) in [7, 11) is 1.34. The zero-order valence-corrected chi connectivity index (χ0v) is 20.0. The molecule has 4 unspecified atom stereocenters. The molecule has 1 saturated heterocycles. The van der Waals surface area contributed by atoms with Crippen LogP contribution in [0.1, 0.15) is 43.9 Å². The van der Waals surface area contributed by atoms with E-state index in [9.17, 15) is 30.0 Å². The number of carboxylic acid groups (broad SMARTS) is 1. The van der Waals surface area contributed by atoms with Crippen molar-refractivity contribution in [3.05, 3.63) is 93.2 Å². The topological polar surface area (TPSA) is 131 Å². The highest BCUT2D eigenvalue weighted by molar-refractivity contribution is 7.12. The number of aliphatic carboxylic acids is 1. The highest BCUT2D eigenvalue weighted by Gasteiger charge is 2.57. The van der Waals surface area contributed by atoms with Gasteiger partial charge in [-0.25, -0.2) is 4.79 Å². The molecule has 8 nitrogen and oxygen atoms in total. The first-order chi connectivity index (χ1) is 17.4. The molecule has 0 radical (unpaired) electrons. The summed E-state index contributed by atoms with van der Waals surface area (Å²) >= 11 is 1.24. The van der Waals surface area contributed by atoms with Crippen LogP contribution in [-0.2, 0) is 14.3 Å². The van der Waals surface area contributed by atoms with Crippen molar-refractivity contribution in [3.63, 3.8) is 0 Å². The second-order valence-corrected chi connectivity index (χ2v) is 9.27. The fourth-order valence-electron chi connectivity index (χ4n) is 4.87. The maximum Gasteiger partial charge on any atom is 0.327 e. The standard InChI is InChI=1S/C27H21N3O5S/c1-35-15-21(31)30-24(19-10-6-17(14-29)7-11-19)23(26(32)20-3-2-12-36-20)22(25(30)27(33)34)18-8-4-16(13-28)5-9-18/h2-12,22-25H,15H2,1H3,(H,33,34). The third-order valence-electron chi connectivity index (χ3n) is 6.35. The predicted octanol–water partition coefficient (Wildman–Crippen LogP) is 3.76. The van der Waals surface area contributed by atoms with E-state index in [1.54, 1.807) is 66.0 Å². The van der Waals surface area contributed by atoms with E-state index in [0.717, 1.165) is 0 Å². The molecule has 3 aromatic rings. The van der Waals surface area contributed by atoms with Crippen molar-refractivity contribution in [1.29, 1.82) is 10.5 Å². The van der Waals surface area contributed by atoms with Gasteiger partial charge in [-0.15, -0.1) is 11.3 Å². The number of hydrogen-bond donors (Lipinski definition) is 1. The van der Waals surface area contributed by atoms with E-state index in [4.69, 9.17) is 4.74 Å². The Morgan fingerprint density at radius 1 is 0.972 bits per heavy atom. The largest absolute Gasteiger partial charge is 0.480 e. The van der Waals surface area contributed by atoms with Gasteiger partial charge in [-0.1, -0.05) is 30.3 Å². The van der Waals surface area contributed by atoms with Crippen LogP contribution < -0.4 is 0 Å². The monoisotopic (exact) mass is 499 g/mol. The lowest BCUT2D eigenvalue weighted by molar-refractivity contribution is -0.151. The Bertz CT molecular complexity index is 1350. The zero-order valence-electron chi connectivity index (χ0n) is 19.2. The molecule has 0 saturated carbocycles. The molecular weight excluding hydrogens is 478 g/mol. The lowest BCUT2D eigenvalue weighted by Gasteiger charge is -2.30. The van der Waals surface area contributed by atoms with Crippen LogP contribution in [-0.4, -0.2) is 47.4 Å². The summed E-state index contributed by atoms with van der Waals surface area (Å²) in [4.78, 5) is 41.7. The van der Waals surface area contributed by atoms with Crippen molar-refractivity contribution in [1.82, 2.24) is 4.90 Å². The van der Waals surface area contributed by atoms with E-state index in [2.05, 4.69) is 0 Å². The maximum absolute atomic E-state index is 14.0. The van der Waals surface area contributed by atoms with E-state index in [1.165, 1.54) is 23.3 Å². The molecule has 1 amide bonds. The van der Waals surface area contributed by atoms with E-state index in [0.29, 0.717) is 27.1 Å². The molecule has 1 aromatic heterocycles. The molecule has 4 rings (SSSR count). The number of Topliss-reactive ketones (excluding diaryl/α,β-unsaturated/α-hetero) is 1. The Morgan fingerprint density at radius 3 is 2.03 bits per heavy atom. The molecule has 1 fully saturated rings. The number of ether oxygens (including phenoxy) is 1. The van der Waals surface area contributed by atoms with Gasteiger partial charge in [0.05, 0.1) is 40.1 Å². The van der Waals surface area contributed by atoms with Crippen LogP contribution in [0.2, 0.25) is 0 Å². The van der Waals surface area contributed by atoms with Crippen LogP contribution in [0.5, 0.6) is 0 Å². The molecule has 0 bridgehead atoms. The van der Waals surface area contributed by atoms with E-state index < -0.39 is 35.8 Å². The molecule has 1 aliphatic heterocycles. The number of hydrogen-bond acceptors (Lipinski definition) is 7. The van der Waals surface area contributed by atoms with Crippen molar-refractivity contribution in [2.45, 2.75) is 18.0 Å². The van der Waals surface area contributed by atoms with Crippen LogP contribution in [0, 0.1) is 28.6 Å². The van der Waals surface area contributed by atoms with Gasteiger partial charge in [0.15, 0.2) is 5.78 Å². The number of carbonyl (C=O) groups is 3. The first kappa shape index (κ1) is 24.8. The number of likely N-dealkylation sites (tertiary alicyclic amines) is 1. The second kappa shape index (κ2) is 10.5. The molecule has 9 heteroatoms. The first-order valence-corrected chi connectivity index (χ1v) is 11.9. The Kier molecular flexibility index (Phi) is 7.25. The summed E-state index contributed by atoms with van der Waals surface area (Å²) in [5.41, 5.74) is 1.85. The molecule has 4 atom stereocenters. The lowest BCUT2D eigenvalue weighted by Crippen LogP contribution is -2.45. The normalized spacial score (nSPS) is 20.9. The van der Waals surface area contributed by atoms with Crippen LogP contribution in [0.3, 0.4) is 0 Å². The summed E-state index contributed by atoms with van der Waals surface area (Å²) in [6, 6.07) is 18.0. The summed E-state index contributed by atoms with van der Waals surface area (Å²) in [6.07, 6.45) is 0. The molecule has 36 heavy (non-hydrogen) atoms. The minimum absolute atomic E-state index is 0.285. The summed E-state index contributed by atoms with van der Waals surface area (Å²) < 4.78 is 5.06. The summed E-state index contributed by atoms with van der Waals surface area (Å²) in [5.74, 6) is -3.95. The molecule has 2 aromatic carbocycles. The lowest BCUT2D eigenvalue weighted by atomic mass is 9.77. The van der Waals surface area contributed by atoms with E-state index in [-0.39, 0.29) is 12.4 Å². The molecule has 1 N–H and O–H groups in total. The Hall–Kier alpha value is -4.31. The number of ketones is 1. The van der Waals surface area contributed by atoms with Gasteiger partial charge in [0.2, 0.25) is 5.91 Å². The van der Waals surface area contributed by atoms with Crippen LogP contribution in [0.15, 0.2) is 66.0 Å². The van der Waals surface area contributed by atoms with Crippen LogP contribution >= 0.6 is 11.3 Å². The first-order valence-electron chi connectivity index (χ1n) is 11.0. The summed E-state index contributed by atoms with van der Waals surface area (Å²) in [5, 5.41) is 30.6. The molecule has 1 aliphatic rings. The van der Waals surface area contributed by atoms with Gasteiger partial charge in [-0.05, 0) is 46.8 Å². The van der Waals surface area contributed by atoms with Crippen LogP contribution in [0.25, 0.3) is 0 Å². The smallest absolute Gasteiger partial charge is 0.327 e. The number of nitriles is 2. The van der Waals surface area contributed by atoms with Gasteiger partial charge in [-0.2, -0.15) is 10.5 Å². The molecule has 2 heterocycles. The summed E-state index contributed by atoms with van der Waals surface area (Å²) in [6.45, 7) is -0.365. The zero-order chi connectivity index (χ0) is 25.8. The molecule has 180 valence electrons. The average Bonchev–Trinajstić information content (AvgIpc) is 3.55. The molecular formula is C27H21N3O5S. The van der Waals surface area contributed by atoms with Gasteiger partial charge < -0.3 is 14.7 Å². The highest BCUT2D eigenvalue weighted by Crippen LogP contribution is 2.51. The Morgan fingerprint density at radius 2 is 1.56 bits per heavy atom. The maximum atomic E-state index is 14.0. The second-order valence-electron chi connectivity index (χ2n) is 8.32. The Balaban J connectivity index is 1.97. The van der Waals surface area contributed by atoms with Gasteiger partial charge >= 0.3 is 5.97 Å². The number of methoxy groups -OCH3 is 1. The number of nitrogens with zero attached hydrogens (tertiary/aromatic N) is 3. The minimum Gasteiger partial charge on any atom is -0.480 e. The predicted molar refractivity (Wildman–Crippen MR) is 130 cm³/mol. The van der Waals surface area contributed by atoms with E-state index >= 15 is 0 Å². The quantitative estimate of drug-likeness (QED) is 0.490. The van der Waals surface area contributed by atoms with Gasteiger partial charge in [0.25, 0.3) is 0 Å². The number of carboxylic acids is 1. The van der Waals surface area contributed by atoms with Crippen molar-refractivity contribution in [3.8, 4) is 12.1 Å². The number of amides is 1. The minimum atomic E-state index is -1.37. The highest BCUT2D eigenvalue weighted by atomic mass is 32.1. The fourth-order valence-corrected chi connectivity index (χ4v) is 5.59. The SMILES string of the molecule is COCC(=O)N1C(C(=O)O)C(c2ccc(C#N)cc2)C(C(=O)c2cccs2)C1c1ccc(C#N)cc1. The molecule has 0 aliphatic carbocycles. The number of thiophene rings is 1. The van der Waals surface area contributed by atoms with Gasteiger partial charge in [0.1, 0.15) is 12.6 Å². The van der Waals surface area contributed by atoms with Crippen molar-refractivity contribution >= 4 is 29.0 Å². The third kappa shape index (κ3) is 4.50. The van der Waals surface area contributed by atoms with Gasteiger partial charge in [-0.3, -0.25) is 9.59 Å². The average molecular weight is 500 g/mol. The van der Waals surface area contributed by atoms with Crippen molar-refractivity contribution in [2.24, 2.45) is 5.92 Å². The fraction of sp³-hybridized carbons (Fsp3) is 0.222.